The third-order valence-corrected chi connectivity index (χ3v) is 2.13. The summed E-state index contributed by atoms with van der Waals surface area (Å²) in [7, 11) is 2.08. The highest BCUT2D eigenvalue weighted by Crippen LogP contribution is 1.96. The van der Waals surface area contributed by atoms with Crippen LogP contribution >= 0.6 is 0 Å². The highest BCUT2D eigenvalue weighted by Gasteiger charge is 2.03. The number of rotatable bonds is 8. The molecule has 0 bridgehead atoms. The van der Waals surface area contributed by atoms with Crippen molar-refractivity contribution in [3.8, 4) is 6.07 Å². The second-order valence-corrected chi connectivity index (χ2v) is 3.90. The molecule has 14 heavy (non-hydrogen) atoms. The number of nitrogens with one attached hydrogen (secondary N) is 1. The maximum Gasteiger partial charge on any atom is 0.0666 e. The van der Waals surface area contributed by atoms with Gasteiger partial charge in [-0.15, -0.1) is 0 Å². The Morgan fingerprint density at radius 2 is 2.14 bits per heavy atom. The Kier molecular flexibility index (Phi) is 8.61. The van der Waals surface area contributed by atoms with Crippen LogP contribution in [0.15, 0.2) is 0 Å². The molecule has 0 rings (SSSR count). The van der Waals surface area contributed by atoms with Gasteiger partial charge in [0, 0.05) is 6.54 Å². The van der Waals surface area contributed by atoms with Crippen LogP contribution in [0, 0.1) is 17.2 Å². The van der Waals surface area contributed by atoms with Crippen LogP contribution in [0.2, 0.25) is 0 Å². The van der Waals surface area contributed by atoms with Gasteiger partial charge >= 0.3 is 0 Å². The van der Waals surface area contributed by atoms with Crippen LogP contribution in [-0.2, 0) is 0 Å². The van der Waals surface area contributed by atoms with Crippen LogP contribution in [0.25, 0.3) is 0 Å². The molecule has 0 saturated carbocycles. The Labute approximate surface area is 88.1 Å². The Morgan fingerprint density at radius 3 is 2.71 bits per heavy atom. The molecule has 0 fully saturated rings. The van der Waals surface area contributed by atoms with Crippen molar-refractivity contribution in [2.45, 2.75) is 26.7 Å². The van der Waals surface area contributed by atoms with Crippen LogP contribution in [-0.4, -0.2) is 38.1 Å². The minimum atomic E-state index is 0.142. The number of hydrogen-bond donors (Lipinski definition) is 1. The molecule has 82 valence electrons. The fourth-order valence-corrected chi connectivity index (χ4v) is 1.38. The maximum absolute atomic E-state index is 8.64. The average Bonchev–Trinajstić information content (AvgIpc) is 2.17. The molecule has 0 spiro atoms. The summed E-state index contributed by atoms with van der Waals surface area (Å²) < 4.78 is 0. The fraction of sp³-hybridized carbons (Fsp3) is 0.909. The average molecular weight is 197 g/mol. The predicted octanol–water partition coefficient (Wildman–Crippen LogP) is 1.47. The first-order valence-corrected chi connectivity index (χ1v) is 5.49. The van der Waals surface area contributed by atoms with E-state index in [9.17, 15) is 0 Å². The molecule has 0 aliphatic rings. The summed E-state index contributed by atoms with van der Waals surface area (Å²) in [6.07, 6.45) is 2.36. The van der Waals surface area contributed by atoms with E-state index in [-0.39, 0.29) is 5.92 Å². The number of hydrogen-bond acceptors (Lipinski definition) is 3. The van der Waals surface area contributed by atoms with Crippen LogP contribution in [0.3, 0.4) is 0 Å². The number of nitrogens with zero attached hydrogens (tertiary/aromatic N) is 2. The molecule has 1 N–H and O–H groups in total. The molecule has 3 heteroatoms. The van der Waals surface area contributed by atoms with Crippen molar-refractivity contribution in [3.05, 3.63) is 0 Å². The van der Waals surface area contributed by atoms with E-state index in [1.54, 1.807) is 0 Å². The summed E-state index contributed by atoms with van der Waals surface area (Å²) in [5, 5.41) is 12.0. The highest BCUT2D eigenvalue weighted by molar-refractivity contribution is 4.80. The lowest BCUT2D eigenvalue weighted by Gasteiger charge is -2.17. The van der Waals surface area contributed by atoms with Crippen molar-refractivity contribution in [3.63, 3.8) is 0 Å². The summed E-state index contributed by atoms with van der Waals surface area (Å²) in [6.45, 7) is 8.28. The molecule has 0 aromatic heterocycles. The summed E-state index contributed by atoms with van der Waals surface area (Å²) in [5.74, 6) is 0.142. The van der Waals surface area contributed by atoms with Gasteiger partial charge in [-0.2, -0.15) is 5.26 Å². The van der Waals surface area contributed by atoms with Gasteiger partial charge < -0.3 is 10.2 Å². The standard InChI is InChI=1S/C11H23N3/c1-4-6-13-7-5-8-14(3)10-11(2)9-12/h11,13H,4-8,10H2,1-3H3. The Bertz CT molecular complexity index is 162. The molecule has 0 aromatic carbocycles. The van der Waals surface area contributed by atoms with E-state index in [0.29, 0.717) is 0 Å². The monoisotopic (exact) mass is 197 g/mol. The third-order valence-electron chi connectivity index (χ3n) is 2.13. The van der Waals surface area contributed by atoms with Crippen molar-refractivity contribution >= 4 is 0 Å². The third kappa shape index (κ3) is 8.03. The van der Waals surface area contributed by atoms with E-state index in [0.717, 1.165) is 32.6 Å². The fourth-order valence-electron chi connectivity index (χ4n) is 1.38. The van der Waals surface area contributed by atoms with E-state index in [1.165, 1.54) is 6.42 Å². The molecule has 0 radical (unpaired) electrons. The maximum atomic E-state index is 8.64. The van der Waals surface area contributed by atoms with Crippen molar-refractivity contribution in [2.75, 3.05) is 33.2 Å². The molecule has 1 unspecified atom stereocenters. The molecule has 0 amide bonds. The van der Waals surface area contributed by atoms with Crippen molar-refractivity contribution in [1.82, 2.24) is 10.2 Å². The van der Waals surface area contributed by atoms with Crippen LogP contribution in [0.1, 0.15) is 26.7 Å². The van der Waals surface area contributed by atoms with Crippen molar-refractivity contribution < 1.29 is 0 Å². The summed E-state index contributed by atoms with van der Waals surface area (Å²) in [5.41, 5.74) is 0. The molecule has 0 aliphatic carbocycles. The van der Waals surface area contributed by atoms with Crippen molar-refractivity contribution in [1.29, 1.82) is 5.26 Å². The van der Waals surface area contributed by atoms with Gasteiger partial charge in [-0.05, 0) is 46.4 Å². The molecule has 0 aliphatic heterocycles. The van der Waals surface area contributed by atoms with E-state index in [4.69, 9.17) is 5.26 Å². The van der Waals surface area contributed by atoms with Gasteiger partial charge in [0.05, 0.1) is 12.0 Å². The second kappa shape index (κ2) is 8.98. The van der Waals surface area contributed by atoms with Gasteiger partial charge in [0.15, 0.2) is 0 Å². The Hall–Kier alpha value is -0.590. The Balaban J connectivity index is 3.27. The second-order valence-electron chi connectivity index (χ2n) is 3.90. The molecular formula is C11H23N3. The first-order valence-electron chi connectivity index (χ1n) is 5.49. The lowest BCUT2D eigenvalue weighted by atomic mass is 10.2. The van der Waals surface area contributed by atoms with Gasteiger partial charge in [0.1, 0.15) is 0 Å². The molecular weight excluding hydrogens is 174 g/mol. The summed E-state index contributed by atoms with van der Waals surface area (Å²) >= 11 is 0. The predicted molar refractivity (Wildman–Crippen MR) is 60.1 cm³/mol. The molecule has 0 aromatic rings. The SMILES string of the molecule is CCCNCCCN(C)CC(C)C#N. The smallest absolute Gasteiger partial charge is 0.0666 e. The van der Waals surface area contributed by atoms with Crippen LogP contribution in [0.5, 0.6) is 0 Å². The zero-order valence-corrected chi connectivity index (χ0v) is 9.71. The lowest BCUT2D eigenvalue weighted by Crippen LogP contribution is -2.27. The van der Waals surface area contributed by atoms with E-state index >= 15 is 0 Å². The van der Waals surface area contributed by atoms with Gasteiger partial charge in [-0.3, -0.25) is 0 Å². The quantitative estimate of drug-likeness (QED) is 0.599. The normalized spacial score (nSPS) is 12.8. The summed E-state index contributed by atoms with van der Waals surface area (Å²) in [4.78, 5) is 2.22. The minimum Gasteiger partial charge on any atom is -0.317 e. The van der Waals surface area contributed by atoms with Gasteiger partial charge in [0.2, 0.25) is 0 Å². The molecule has 3 nitrogen and oxygen atoms in total. The first-order chi connectivity index (χ1) is 6.70. The Morgan fingerprint density at radius 1 is 1.43 bits per heavy atom. The first kappa shape index (κ1) is 13.4. The minimum absolute atomic E-state index is 0.142. The topological polar surface area (TPSA) is 39.1 Å². The molecule has 0 heterocycles. The zero-order valence-electron chi connectivity index (χ0n) is 9.71. The van der Waals surface area contributed by atoms with Gasteiger partial charge in [0.25, 0.3) is 0 Å². The van der Waals surface area contributed by atoms with E-state index in [1.807, 2.05) is 6.92 Å². The zero-order chi connectivity index (χ0) is 10.8. The van der Waals surface area contributed by atoms with Gasteiger partial charge in [-0.1, -0.05) is 6.92 Å². The van der Waals surface area contributed by atoms with Gasteiger partial charge in [-0.25, -0.2) is 0 Å². The van der Waals surface area contributed by atoms with E-state index in [2.05, 4.69) is 30.3 Å². The van der Waals surface area contributed by atoms with Crippen molar-refractivity contribution in [2.24, 2.45) is 5.92 Å². The highest BCUT2D eigenvalue weighted by atomic mass is 15.1. The number of nitriles is 1. The lowest BCUT2D eigenvalue weighted by molar-refractivity contribution is 0.305. The summed E-state index contributed by atoms with van der Waals surface area (Å²) in [6, 6.07) is 2.25. The molecule has 1 atom stereocenters. The van der Waals surface area contributed by atoms with E-state index < -0.39 is 0 Å². The largest absolute Gasteiger partial charge is 0.317 e. The molecule has 0 saturated heterocycles. The van der Waals surface area contributed by atoms with Crippen LogP contribution in [0.4, 0.5) is 0 Å². The van der Waals surface area contributed by atoms with Crippen LogP contribution < -0.4 is 5.32 Å².